The molecule has 4 rings (SSSR count). The Hall–Kier alpha value is -4.01. The van der Waals surface area contributed by atoms with Crippen molar-refractivity contribution in [3.8, 4) is 34.0 Å². The van der Waals surface area contributed by atoms with Gasteiger partial charge in [-0.25, -0.2) is 9.97 Å². The lowest BCUT2D eigenvalue weighted by Gasteiger charge is -2.12. The van der Waals surface area contributed by atoms with Crippen LogP contribution in [0.5, 0.6) is 11.5 Å². The number of nitrogens with one attached hydrogen (secondary N) is 1. The first-order valence-electron chi connectivity index (χ1n) is 10.7. The van der Waals surface area contributed by atoms with Gasteiger partial charge in [0.1, 0.15) is 5.76 Å². The molecule has 0 amide bonds. The topological polar surface area (TPSA) is 108 Å². The Bertz CT molecular complexity index is 1230. The lowest BCUT2D eigenvalue weighted by Crippen LogP contribution is -2.09. The van der Waals surface area contributed by atoms with E-state index in [4.69, 9.17) is 19.0 Å². The summed E-state index contributed by atoms with van der Waals surface area (Å²) in [6, 6.07) is 5.89. The molecule has 0 atom stereocenters. The third kappa shape index (κ3) is 4.77. The minimum absolute atomic E-state index is 0.515. The van der Waals surface area contributed by atoms with Gasteiger partial charge < -0.3 is 19.3 Å². The molecule has 0 bridgehead atoms. The normalized spacial score (nSPS) is 10.8. The number of aromatic nitrogens is 5. The molecule has 0 saturated heterocycles. The van der Waals surface area contributed by atoms with Crippen molar-refractivity contribution in [2.45, 2.75) is 26.7 Å². The van der Waals surface area contributed by atoms with Gasteiger partial charge in [-0.05, 0) is 31.0 Å². The van der Waals surface area contributed by atoms with Crippen LogP contribution >= 0.6 is 0 Å². The van der Waals surface area contributed by atoms with Crippen molar-refractivity contribution in [1.29, 1.82) is 0 Å². The van der Waals surface area contributed by atoms with Crippen LogP contribution in [0.2, 0.25) is 0 Å². The molecule has 33 heavy (non-hydrogen) atoms. The molecule has 9 heteroatoms. The average Bonchev–Trinajstić information content (AvgIpc) is 3.24. The van der Waals surface area contributed by atoms with E-state index in [1.807, 2.05) is 32.0 Å². The molecular formula is C24H26N6O3. The molecular weight excluding hydrogens is 420 g/mol. The zero-order valence-electron chi connectivity index (χ0n) is 19.1. The summed E-state index contributed by atoms with van der Waals surface area (Å²) < 4.78 is 16.2. The summed E-state index contributed by atoms with van der Waals surface area (Å²) in [5, 5.41) is 7.46. The Labute approximate surface area is 192 Å². The second-order valence-corrected chi connectivity index (χ2v) is 7.33. The molecule has 0 aliphatic rings. The molecule has 0 spiro atoms. The minimum atomic E-state index is 0.515. The summed E-state index contributed by atoms with van der Waals surface area (Å²) in [6.45, 7) is 4.57. The van der Waals surface area contributed by atoms with Gasteiger partial charge in [0.2, 0.25) is 5.95 Å². The van der Waals surface area contributed by atoms with Crippen LogP contribution in [-0.2, 0) is 12.8 Å². The highest BCUT2D eigenvalue weighted by Crippen LogP contribution is 2.34. The van der Waals surface area contributed by atoms with Gasteiger partial charge in [0.15, 0.2) is 11.5 Å². The van der Waals surface area contributed by atoms with Gasteiger partial charge >= 0.3 is 0 Å². The third-order valence-electron chi connectivity index (χ3n) is 5.26. The number of nitrogens with zero attached hydrogens (tertiary/aromatic N) is 5. The molecule has 0 aliphatic heterocycles. The molecule has 3 aromatic heterocycles. The smallest absolute Gasteiger partial charge is 0.223 e. The maximum atomic E-state index is 5.52. The molecule has 0 unspecified atom stereocenters. The highest BCUT2D eigenvalue weighted by molar-refractivity contribution is 5.80. The van der Waals surface area contributed by atoms with E-state index < -0.39 is 0 Å². The summed E-state index contributed by atoms with van der Waals surface area (Å²) >= 11 is 0. The molecule has 9 nitrogen and oxygen atoms in total. The monoisotopic (exact) mass is 446 g/mol. The number of aryl methyl sites for hydroxylation is 2. The first kappa shape index (κ1) is 22.2. The quantitative estimate of drug-likeness (QED) is 0.406. The van der Waals surface area contributed by atoms with Crippen LogP contribution in [0.15, 0.2) is 47.5 Å². The van der Waals surface area contributed by atoms with Gasteiger partial charge in [0.05, 0.1) is 43.1 Å². The average molecular weight is 447 g/mol. The SMILES string of the molecule is CCc1onc(C)c1-c1nc(NCCc2ccc(OC)c(OC)c2)ncc1-c1cnccn1. The number of ether oxygens (including phenoxy) is 2. The van der Waals surface area contributed by atoms with E-state index in [1.165, 1.54) is 0 Å². The van der Waals surface area contributed by atoms with Crippen molar-refractivity contribution in [3.05, 3.63) is 60.0 Å². The van der Waals surface area contributed by atoms with E-state index in [9.17, 15) is 0 Å². The van der Waals surface area contributed by atoms with E-state index in [0.717, 1.165) is 40.3 Å². The number of hydrogen-bond acceptors (Lipinski definition) is 9. The van der Waals surface area contributed by atoms with Gasteiger partial charge in [-0.2, -0.15) is 0 Å². The number of anilines is 1. The predicted molar refractivity (Wildman–Crippen MR) is 124 cm³/mol. The van der Waals surface area contributed by atoms with Crippen LogP contribution in [0.25, 0.3) is 22.5 Å². The van der Waals surface area contributed by atoms with E-state index in [2.05, 4.69) is 25.4 Å². The molecule has 3 heterocycles. The molecule has 0 saturated carbocycles. The van der Waals surface area contributed by atoms with Crippen LogP contribution in [0.4, 0.5) is 5.95 Å². The molecule has 1 N–H and O–H groups in total. The van der Waals surface area contributed by atoms with Crippen molar-refractivity contribution >= 4 is 5.95 Å². The molecule has 1 aromatic carbocycles. The maximum Gasteiger partial charge on any atom is 0.223 e. The first-order chi connectivity index (χ1) is 16.1. The van der Waals surface area contributed by atoms with Crippen molar-refractivity contribution in [3.63, 3.8) is 0 Å². The summed E-state index contributed by atoms with van der Waals surface area (Å²) in [6.07, 6.45) is 8.20. The largest absolute Gasteiger partial charge is 0.493 e. The van der Waals surface area contributed by atoms with Gasteiger partial charge in [-0.1, -0.05) is 18.1 Å². The first-order valence-corrected chi connectivity index (χ1v) is 10.7. The van der Waals surface area contributed by atoms with E-state index in [0.29, 0.717) is 36.1 Å². The lowest BCUT2D eigenvalue weighted by molar-refractivity contribution is 0.354. The van der Waals surface area contributed by atoms with Crippen LogP contribution in [0, 0.1) is 6.92 Å². The summed E-state index contributed by atoms with van der Waals surface area (Å²) in [5.74, 6) is 2.70. The Balaban J connectivity index is 1.61. The van der Waals surface area contributed by atoms with Gasteiger partial charge in [-0.15, -0.1) is 0 Å². The Morgan fingerprint density at radius 3 is 2.61 bits per heavy atom. The van der Waals surface area contributed by atoms with Gasteiger partial charge in [0, 0.05) is 37.1 Å². The number of hydrogen-bond donors (Lipinski definition) is 1. The van der Waals surface area contributed by atoms with Crippen molar-refractivity contribution in [2.75, 3.05) is 26.1 Å². The third-order valence-corrected chi connectivity index (χ3v) is 5.26. The molecule has 4 aromatic rings. The van der Waals surface area contributed by atoms with Crippen LogP contribution in [0.3, 0.4) is 0 Å². The Morgan fingerprint density at radius 2 is 1.88 bits per heavy atom. The zero-order chi connectivity index (χ0) is 23.2. The second-order valence-electron chi connectivity index (χ2n) is 7.33. The van der Waals surface area contributed by atoms with E-state index in [1.54, 1.807) is 39.0 Å². The standard InChI is InChI=1S/C24H26N6O3/c1-5-19-22(15(2)30-33-19)23-17(18-14-25-10-11-26-18)13-28-24(29-23)27-9-8-16-6-7-20(31-3)21(12-16)32-4/h6-7,10-14H,5,8-9H2,1-4H3,(H,27,28,29). The maximum absolute atomic E-state index is 5.52. The predicted octanol–water partition coefficient (Wildman–Crippen LogP) is 4.13. The highest BCUT2D eigenvalue weighted by Gasteiger charge is 2.21. The van der Waals surface area contributed by atoms with Gasteiger partial charge in [-0.3, -0.25) is 9.97 Å². The summed E-state index contributed by atoms with van der Waals surface area (Å²) in [4.78, 5) is 18.0. The number of benzene rings is 1. The number of rotatable bonds is 9. The highest BCUT2D eigenvalue weighted by atomic mass is 16.5. The molecule has 0 aliphatic carbocycles. The molecule has 0 radical (unpaired) electrons. The van der Waals surface area contributed by atoms with Crippen molar-refractivity contribution in [2.24, 2.45) is 0 Å². The van der Waals surface area contributed by atoms with Crippen molar-refractivity contribution in [1.82, 2.24) is 25.1 Å². The fraction of sp³-hybridized carbons (Fsp3) is 0.292. The van der Waals surface area contributed by atoms with Gasteiger partial charge in [0.25, 0.3) is 0 Å². The van der Waals surface area contributed by atoms with Crippen LogP contribution in [0.1, 0.15) is 23.9 Å². The second kappa shape index (κ2) is 10.1. The van der Waals surface area contributed by atoms with Crippen molar-refractivity contribution < 1.29 is 14.0 Å². The minimum Gasteiger partial charge on any atom is -0.493 e. The lowest BCUT2D eigenvalue weighted by atomic mass is 10.0. The van der Waals surface area contributed by atoms with Crippen LogP contribution in [-0.4, -0.2) is 45.9 Å². The molecule has 170 valence electrons. The number of methoxy groups -OCH3 is 2. The van der Waals surface area contributed by atoms with Crippen LogP contribution < -0.4 is 14.8 Å². The summed E-state index contributed by atoms with van der Waals surface area (Å²) in [7, 11) is 3.26. The molecule has 0 fully saturated rings. The fourth-order valence-corrected chi connectivity index (χ4v) is 3.60. The fourth-order valence-electron chi connectivity index (χ4n) is 3.60. The van der Waals surface area contributed by atoms with E-state index >= 15 is 0 Å². The zero-order valence-corrected chi connectivity index (χ0v) is 19.1. The van der Waals surface area contributed by atoms with E-state index in [-0.39, 0.29) is 0 Å². The summed E-state index contributed by atoms with van der Waals surface area (Å²) in [5.41, 5.74) is 4.92. The Kier molecular flexibility index (Phi) is 6.77. The Morgan fingerprint density at radius 1 is 1.03 bits per heavy atom.